The van der Waals surface area contributed by atoms with E-state index in [1.54, 1.807) is 6.33 Å². The lowest BCUT2D eigenvalue weighted by molar-refractivity contribution is 0.132. The largest absolute Gasteiger partial charge is 0.307 e. The number of piperidine rings is 1. The monoisotopic (exact) mass is 282 g/mol. The van der Waals surface area contributed by atoms with Crippen LogP contribution < -0.4 is 0 Å². The summed E-state index contributed by atoms with van der Waals surface area (Å²) < 4.78 is 2.07. The number of aromatic amines is 1. The van der Waals surface area contributed by atoms with Gasteiger partial charge in [0.25, 0.3) is 0 Å². The quantitative estimate of drug-likeness (QED) is 0.800. The van der Waals surface area contributed by atoms with Crippen molar-refractivity contribution in [2.45, 2.75) is 31.8 Å². The number of nitrogens with one attached hydrogen (secondary N) is 1. The van der Waals surface area contributed by atoms with Gasteiger partial charge in [-0.25, -0.2) is 9.97 Å². The highest BCUT2D eigenvalue weighted by molar-refractivity contribution is 5.39. The fourth-order valence-electron chi connectivity index (χ4n) is 3.14. The number of hydrogen-bond donors (Lipinski definition) is 1. The molecule has 0 amide bonds. The van der Waals surface area contributed by atoms with Crippen LogP contribution in [0.2, 0.25) is 0 Å². The molecule has 1 saturated heterocycles. The van der Waals surface area contributed by atoms with Crippen molar-refractivity contribution in [2.75, 3.05) is 6.54 Å². The molecule has 4 heterocycles. The summed E-state index contributed by atoms with van der Waals surface area (Å²) in [5.74, 6) is 0.971. The molecular formula is C15H18N6. The van der Waals surface area contributed by atoms with Crippen molar-refractivity contribution >= 4 is 5.65 Å². The Bertz CT molecular complexity index is 684. The molecule has 1 aliphatic heterocycles. The molecule has 6 heteroatoms. The molecule has 0 spiro atoms. The van der Waals surface area contributed by atoms with Crippen LogP contribution in [0.5, 0.6) is 0 Å². The van der Waals surface area contributed by atoms with Crippen molar-refractivity contribution < 1.29 is 0 Å². The lowest BCUT2D eigenvalue weighted by Crippen LogP contribution is -2.33. The minimum absolute atomic E-state index is 0.325. The minimum Gasteiger partial charge on any atom is -0.307 e. The zero-order valence-corrected chi connectivity index (χ0v) is 11.8. The average molecular weight is 282 g/mol. The molecule has 1 atom stereocenters. The van der Waals surface area contributed by atoms with Crippen LogP contribution >= 0.6 is 0 Å². The Kier molecular flexibility index (Phi) is 3.16. The second-order valence-corrected chi connectivity index (χ2v) is 5.55. The molecule has 1 N–H and O–H groups in total. The van der Waals surface area contributed by atoms with E-state index in [1.807, 2.05) is 24.4 Å². The van der Waals surface area contributed by atoms with Crippen LogP contribution in [0, 0.1) is 0 Å². The van der Waals surface area contributed by atoms with Crippen LogP contribution in [-0.2, 0) is 6.54 Å². The maximum atomic E-state index is 4.70. The van der Waals surface area contributed by atoms with Crippen LogP contribution in [0.15, 0.2) is 36.9 Å². The van der Waals surface area contributed by atoms with Gasteiger partial charge in [0.1, 0.15) is 17.8 Å². The van der Waals surface area contributed by atoms with Crippen molar-refractivity contribution in [2.24, 2.45) is 0 Å². The second kappa shape index (κ2) is 5.29. The maximum Gasteiger partial charge on any atom is 0.141 e. The topological polar surface area (TPSA) is 62.1 Å². The Morgan fingerprint density at radius 2 is 2.29 bits per heavy atom. The number of imidazole rings is 1. The third-order valence-electron chi connectivity index (χ3n) is 4.14. The lowest BCUT2D eigenvalue weighted by Gasteiger charge is -2.33. The molecule has 0 bridgehead atoms. The summed E-state index contributed by atoms with van der Waals surface area (Å²) in [6.45, 7) is 1.94. The highest BCUT2D eigenvalue weighted by atomic mass is 15.3. The summed E-state index contributed by atoms with van der Waals surface area (Å²) in [5.41, 5.74) is 2.10. The predicted octanol–water partition coefficient (Wildman–Crippen LogP) is 2.18. The number of aromatic nitrogens is 5. The fourth-order valence-corrected chi connectivity index (χ4v) is 3.14. The van der Waals surface area contributed by atoms with Crippen molar-refractivity contribution in [3.63, 3.8) is 0 Å². The first-order valence-corrected chi connectivity index (χ1v) is 7.42. The molecule has 0 unspecified atom stereocenters. The third-order valence-corrected chi connectivity index (χ3v) is 4.14. The Balaban J connectivity index is 1.59. The molecule has 0 saturated carbocycles. The van der Waals surface area contributed by atoms with Gasteiger partial charge in [0.2, 0.25) is 0 Å². The highest BCUT2D eigenvalue weighted by Crippen LogP contribution is 2.29. The molecule has 1 fully saturated rings. The summed E-state index contributed by atoms with van der Waals surface area (Å²) >= 11 is 0. The molecular weight excluding hydrogens is 264 g/mol. The number of likely N-dealkylation sites (tertiary alicyclic amines) is 1. The highest BCUT2D eigenvalue weighted by Gasteiger charge is 2.26. The van der Waals surface area contributed by atoms with E-state index in [1.165, 1.54) is 12.8 Å². The molecule has 0 aliphatic carbocycles. The lowest BCUT2D eigenvalue weighted by atomic mass is 10.0. The first-order chi connectivity index (χ1) is 10.4. The van der Waals surface area contributed by atoms with Gasteiger partial charge in [0, 0.05) is 18.9 Å². The number of nitrogens with zero attached hydrogens (tertiary/aromatic N) is 5. The Morgan fingerprint density at radius 1 is 1.29 bits per heavy atom. The summed E-state index contributed by atoms with van der Waals surface area (Å²) in [4.78, 5) is 11.5. The predicted molar refractivity (Wildman–Crippen MR) is 78.6 cm³/mol. The molecule has 4 rings (SSSR count). The Morgan fingerprint density at radius 3 is 3.14 bits per heavy atom. The fraction of sp³-hybridized carbons (Fsp3) is 0.400. The van der Waals surface area contributed by atoms with Gasteiger partial charge >= 0.3 is 0 Å². The number of fused-ring (bicyclic) bond motifs is 1. The van der Waals surface area contributed by atoms with Gasteiger partial charge in [-0.3, -0.25) is 10.00 Å². The Labute approximate surface area is 122 Å². The van der Waals surface area contributed by atoms with Gasteiger partial charge in [-0.1, -0.05) is 12.5 Å². The van der Waals surface area contributed by atoms with Gasteiger partial charge < -0.3 is 4.40 Å². The molecule has 0 radical (unpaired) electrons. The number of pyridine rings is 1. The molecule has 6 nitrogen and oxygen atoms in total. The summed E-state index contributed by atoms with van der Waals surface area (Å²) in [6, 6.07) is 6.40. The third kappa shape index (κ3) is 2.42. The number of hydrogen-bond acceptors (Lipinski definition) is 4. The van der Waals surface area contributed by atoms with Gasteiger partial charge in [0.05, 0.1) is 11.7 Å². The first-order valence-electron chi connectivity index (χ1n) is 7.42. The molecule has 3 aromatic rings. The zero-order chi connectivity index (χ0) is 14.1. The van der Waals surface area contributed by atoms with Crippen molar-refractivity contribution in [3.05, 3.63) is 48.4 Å². The SMILES string of the molecule is c1ccn2cc(CN3CCCC[C@@H]3c3ncn[nH]3)nc2c1. The van der Waals surface area contributed by atoms with Crippen LogP contribution in [0.3, 0.4) is 0 Å². The number of rotatable bonds is 3. The smallest absolute Gasteiger partial charge is 0.141 e. The van der Waals surface area contributed by atoms with E-state index in [-0.39, 0.29) is 0 Å². The summed E-state index contributed by atoms with van der Waals surface area (Å²) in [6.07, 6.45) is 9.35. The molecule has 0 aromatic carbocycles. The Hall–Kier alpha value is -2.21. The van der Waals surface area contributed by atoms with Gasteiger partial charge in [-0.15, -0.1) is 0 Å². The normalized spacial score (nSPS) is 20.1. The zero-order valence-electron chi connectivity index (χ0n) is 11.8. The van der Waals surface area contributed by atoms with Crippen molar-refractivity contribution in [1.29, 1.82) is 0 Å². The molecule has 1 aliphatic rings. The van der Waals surface area contributed by atoms with Crippen LogP contribution in [0.1, 0.15) is 36.8 Å². The standard InChI is InChI=1S/C15H18N6/c1-3-7-20(13(5-1)15-16-11-17-19-15)9-12-10-21-8-4-2-6-14(21)18-12/h2,4,6,8,10-11,13H,1,3,5,7,9H2,(H,16,17,19)/t13-/m1/s1. The van der Waals surface area contributed by atoms with Crippen molar-refractivity contribution in [3.8, 4) is 0 Å². The van der Waals surface area contributed by atoms with Gasteiger partial charge in [0.15, 0.2) is 0 Å². The van der Waals surface area contributed by atoms with Gasteiger partial charge in [-0.05, 0) is 31.5 Å². The molecule has 3 aromatic heterocycles. The van der Waals surface area contributed by atoms with E-state index in [2.05, 4.69) is 30.7 Å². The number of H-pyrrole nitrogens is 1. The maximum absolute atomic E-state index is 4.70. The van der Waals surface area contributed by atoms with Crippen molar-refractivity contribution in [1.82, 2.24) is 29.5 Å². The average Bonchev–Trinajstić information content (AvgIpc) is 3.16. The first kappa shape index (κ1) is 12.5. The van der Waals surface area contributed by atoms with Crippen LogP contribution in [-0.4, -0.2) is 36.0 Å². The van der Waals surface area contributed by atoms with E-state index in [4.69, 9.17) is 4.98 Å². The van der Waals surface area contributed by atoms with E-state index in [0.29, 0.717) is 6.04 Å². The molecule has 21 heavy (non-hydrogen) atoms. The van der Waals surface area contributed by atoms with Crippen LogP contribution in [0.25, 0.3) is 5.65 Å². The van der Waals surface area contributed by atoms with E-state index >= 15 is 0 Å². The van der Waals surface area contributed by atoms with Gasteiger partial charge in [-0.2, -0.15) is 5.10 Å². The molecule has 108 valence electrons. The minimum atomic E-state index is 0.325. The van der Waals surface area contributed by atoms with E-state index in [0.717, 1.165) is 36.7 Å². The summed E-state index contributed by atoms with van der Waals surface area (Å²) in [7, 11) is 0. The summed E-state index contributed by atoms with van der Waals surface area (Å²) in [5, 5.41) is 7.01. The van der Waals surface area contributed by atoms with E-state index in [9.17, 15) is 0 Å². The second-order valence-electron chi connectivity index (χ2n) is 5.55. The van der Waals surface area contributed by atoms with Crippen LogP contribution in [0.4, 0.5) is 0 Å². The van der Waals surface area contributed by atoms with E-state index < -0.39 is 0 Å².